The van der Waals surface area contributed by atoms with E-state index in [0.717, 1.165) is 19.6 Å². The van der Waals surface area contributed by atoms with E-state index in [2.05, 4.69) is 72.1 Å². The molecular formula is C18H24N2S. The molecule has 2 aromatic rings. The van der Waals surface area contributed by atoms with E-state index in [1.165, 1.54) is 16.8 Å². The fourth-order valence-electron chi connectivity index (χ4n) is 2.92. The monoisotopic (exact) mass is 300 g/mol. The minimum Gasteiger partial charge on any atom is -0.365 e. The summed E-state index contributed by atoms with van der Waals surface area (Å²) >= 11 is 1.78. The van der Waals surface area contributed by atoms with Gasteiger partial charge >= 0.3 is 0 Å². The molecule has 0 bridgehead atoms. The predicted octanol–water partition coefficient (Wildman–Crippen LogP) is 4.27. The summed E-state index contributed by atoms with van der Waals surface area (Å²) in [5.74, 6) is 0. The highest BCUT2D eigenvalue weighted by molar-refractivity contribution is 7.07. The molecule has 0 saturated heterocycles. The Morgan fingerprint density at radius 1 is 1.24 bits per heavy atom. The molecule has 0 aliphatic carbocycles. The van der Waals surface area contributed by atoms with Gasteiger partial charge in [0.25, 0.3) is 0 Å². The smallest absolute Gasteiger partial charge is 0.0438 e. The molecule has 1 atom stereocenters. The van der Waals surface area contributed by atoms with Gasteiger partial charge in [-0.2, -0.15) is 11.3 Å². The highest BCUT2D eigenvalue weighted by Crippen LogP contribution is 2.30. The Bertz CT molecular complexity index is 584. The van der Waals surface area contributed by atoms with Crippen molar-refractivity contribution in [2.75, 3.05) is 11.4 Å². The molecule has 3 rings (SSSR count). The number of fused-ring (bicyclic) bond motifs is 1. The van der Waals surface area contributed by atoms with Crippen LogP contribution in [-0.2, 0) is 13.1 Å². The highest BCUT2D eigenvalue weighted by atomic mass is 32.1. The molecule has 0 amide bonds. The third-order valence-electron chi connectivity index (χ3n) is 4.27. The maximum atomic E-state index is 3.75. The number of hydrogen-bond donors (Lipinski definition) is 1. The van der Waals surface area contributed by atoms with Crippen LogP contribution in [0.5, 0.6) is 0 Å². The van der Waals surface area contributed by atoms with Crippen LogP contribution in [0.2, 0.25) is 0 Å². The van der Waals surface area contributed by atoms with E-state index < -0.39 is 0 Å². The molecule has 1 aromatic heterocycles. The zero-order valence-electron chi connectivity index (χ0n) is 13.1. The summed E-state index contributed by atoms with van der Waals surface area (Å²) in [7, 11) is 0. The van der Waals surface area contributed by atoms with E-state index in [-0.39, 0.29) is 5.41 Å². The molecule has 0 radical (unpaired) electrons. The first kappa shape index (κ1) is 14.6. The van der Waals surface area contributed by atoms with Gasteiger partial charge in [0.2, 0.25) is 0 Å². The average molecular weight is 300 g/mol. The maximum absolute atomic E-state index is 3.75. The fourth-order valence-corrected chi connectivity index (χ4v) is 3.58. The maximum Gasteiger partial charge on any atom is 0.0438 e. The Kier molecular flexibility index (Phi) is 4.05. The standard InChI is InChI=1S/C18H24N2S/c1-18(2,3)17-12-20(11-14-8-9-21-13-14)16-7-5-4-6-15(16)10-19-17/h4-9,13,17,19H,10-12H2,1-3H3. The summed E-state index contributed by atoms with van der Waals surface area (Å²) < 4.78 is 0. The first-order chi connectivity index (χ1) is 10.0. The highest BCUT2D eigenvalue weighted by Gasteiger charge is 2.29. The third kappa shape index (κ3) is 3.30. The van der Waals surface area contributed by atoms with E-state index >= 15 is 0 Å². The fraction of sp³-hybridized carbons (Fsp3) is 0.444. The molecule has 0 saturated carbocycles. The summed E-state index contributed by atoms with van der Waals surface area (Å²) in [5, 5.41) is 8.17. The molecule has 21 heavy (non-hydrogen) atoms. The predicted molar refractivity (Wildman–Crippen MR) is 91.9 cm³/mol. The van der Waals surface area contributed by atoms with Crippen molar-refractivity contribution in [2.24, 2.45) is 5.41 Å². The molecule has 2 nitrogen and oxygen atoms in total. The van der Waals surface area contributed by atoms with Gasteiger partial charge in [0, 0.05) is 31.4 Å². The van der Waals surface area contributed by atoms with Crippen molar-refractivity contribution in [1.29, 1.82) is 0 Å². The van der Waals surface area contributed by atoms with Crippen molar-refractivity contribution in [3.05, 3.63) is 52.2 Å². The van der Waals surface area contributed by atoms with Gasteiger partial charge in [0.1, 0.15) is 0 Å². The van der Waals surface area contributed by atoms with Crippen molar-refractivity contribution in [1.82, 2.24) is 5.32 Å². The first-order valence-corrected chi connectivity index (χ1v) is 8.55. The summed E-state index contributed by atoms with van der Waals surface area (Å²) in [5.41, 5.74) is 4.45. The van der Waals surface area contributed by atoms with E-state index in [0.29, 0.717) is 6.04 Å². The topological polar surface area (TPSA) is 15.3 Å². The minimum absolute atomic E-state index is 0.259. The van der Waals surface area contributed by atoms with Crippen LogP contribution in [-0.4, -0.2) is 12.6 Å². The first-order valence-electron chi connectivity index (χ1n) is 7.61. The Hall–Kier alpha value is -1.32. The summed E-state index contributed by atoms with van der Waals surface area (Å²) in [4.78, 5) is 2.54. The van der Waals surface area contributed by atoms with E-state index in [1.54, 1.807) is 11.3 Å². The number of anilines is 1. The molecule has 2 heterocycles. The van der Waals surface area contributed by atoms with E-state index in [9.17, 15) is 0 Å². The van der Waals surface area contributed by atoms with Gasteiger partial charge in [-0.15, -0.1) is 0 Å². The van der Waals surface area contributed by atoms with E-state index in [1.807, 2.05) is 0 Å². The number of rotatable bonds is 2. The normalized spacial score (nSPS) is 19.2. The van der Waals surface area contributed by atoms with Crippen LogP contribution < -0.4 is 10.2 Å². The van der Waals surface area contributed by atoms with Gasteiger partial charge < -0.3 is 10.2 Å². The van der Waals surface area contributed by atoms with Crippen molar-refractivity contribution >= 4 is 17.0 Å². The van der Waals surface area contributed by atoms with Crippen molar-refractivity contribution < 1.29 is 0 Å². The molecule has 0 fully saturated rings. The van der Waals surface area contributed by atoms with E-state index in [4.69, 9.17) is 0 Å². The van der Waals surface area contributed by atoms with Crippen LogP contribution >= 0.6 is 11.3 Å². The Morgan fingerprint density at radius 2 is 2.05 bits per heavy atom. The van der Waals surface area contributed by atoms with Gasteiger partial charge in [0.05, 0.1) is 0 Å². The van der Waals surface area contributed by atoms with Gasteiger partial charge in [-0.3, -0.25) is 0 Å². The van der Waals surface area contributed by atoms with Crippen LogP contribution in [0.15, 0.2) is 41.1 Å². The molecule has 0 spiro atoms. The van der Waals surface area contributed by atoms with Crippen LogP contribution in [0.25, 0.3) is 0 Å². The number of nitrogens with zero attached hydrogens (tertiary/aromatic N) is 1. The Labute approximate surface area is 131 Å². The quantitative estimate of drug-likeness (QED) is 0.891. The third-order valence-corrected chi connectivity index (χ3v) is 5.01. The molecule has 1 unspecified atom stereocenters. The summed E-state index contributed by atoms with van der Waals surface area (Å²) in [6, 6.07) is 11.5. The number of nitrogens with one attached hydrogen (secondary N) is 1. The molecule has 3 heteroatoms. The minimum atomic E-state index is 0.259. The lowest BCUT2D eigenvalue weighted by Crippen LogP contribution is -2.46. The van der Waals surface area contributed by atoms with Crippen LogP contribution in [0.3, 0.4) is 0 Å². The van der Waals surface area contributed by atoms with Crippen molar-refractivity contribution in [3.8, 4) is 0 Å². The molecule has 112 valence electrons. The van der Waals surface area contributed by atoms with Crippen LogP contribution in [0.1, 0.15) is 31.9 Å². The van der Waals surface area contributed by atoms with Gasteiger partial charge in [-0.1, -0.05) is 39.0 Å². The van der Waals surface area contributed by atoms with Gasteiger partial charge in [-0.25, -0.2) is 0 Å². The molecule has 1 aromatic carbocycles. The summed E-state index contributed by atoms with van der Waals surface area (Å²) in [6.45, 7) is 9.97. The number of hydrogen-bond acceptors (Lipinski definition) is 3. The molecule has 1 aliphatic rings. The zero-order chi connectivity index (χ0) is 14.9. The van der Waals surface area contributed by atoms with Crippen LogP contribution in [0, 0.1) is 5.41 Å². The average Bonchev–Trinajstić information content (AvgIpc) is 2.86. The SMILES string of the molecule is CC(C)(C)C1CN(Cc2ccsc2)c2ccccc2CN1. The lowest BCUT2D eigenvalue weighted by Gasteiger charge is -2.34. The van der Waals surface area contributed by atoms with Gasteiger partial charge in [0.15, 0.2) is 0 Å². The molecule has 1 N–H and O–H groups in total. The Balaban J connectivity index is 1.92. The van der Waals surface area contributed by atoms with Crippen molar-refractivity contribution in [3.63, 3.8) is 0 Å². The Morgan fingerprint density at radius 3 is 2.76 bits per heavy atom. The van der Waals surface area contributed by atoms with Crippen molar-refractivity contribution in [2.45, 2.75) is 39.9 Å². The lowest BCUT2D eigenvalue weighted by molar-refractivity contribution is 0.271. The second-order valence-corrected chi connectivity index (χ2v) is 7.72. The summed E-state index contributed by atoms with van der Waals surface area (Å²) in [6.07, 6.45) is 0. The molecule has 1 aliphatic heterocycles. The second-order valence-electron chi connectivity index (χ2n) is 6.94. The second kappa shape index (κ2) is 5.82. The van der Waals surface area contributed by atoms with Gasteiger partial charge in [-0.05, 0) is 39.4 Å². The number of para-hydroxylation sites is 1. The number of thiophene rings is 1. The largest absolute Gasteiger partial charge is 0.365 e. The number of benzene rings is 1. The molecular weight excluding hydrogens is 276 g/mol. The zero-order valence-corrected chi connectivity index (χ0v) is 13.9. The van der Waals surface area contributed by atoms with Crippen LogP contribution in [0.4, 0.5) is 5.69 Å². The lowest BCUT2D eigenvalue weighted by atomic mass is 9.86.